The van der Waals surface area contributed by atoms with Gasteiger partial charge < -0.3 is 30.0 Å². The number of hydrogen-bond acceptors (Lipinski definition) is 7. The Labute approximate surface area is 181 Å². The molecule has 1 saturated carbocycles. The van der Waals surface area contributed by atoms with Gasteiger partial charge in [0.2, 0.25) is 5.91 Å². The van der Waals surface area contributed by atoms with Gasteiger partial charge in [0.1, 0.15) is 0 Å². The van der Waals surface area contributed by atoms with Gasteiger partial charge in [0.15, 0.2) is 0 Å². The molecule has 1 aromatic carbocycles. The first-order valence-electron chi connectivity index (χ1n) is 7.16. The SMILES string of the molecule is COC(=O)/C([S-])=C(/[S-])C(=O)NS(=O)(=O)c1ccc(C)cc1.[CH]1[CH][CH][CH][CH]1.[Co+3]. The van der Waals surface area contributed by atoms with Gasteiger partial charge in [0.25, 0.3) is 10.0 Å². The fourth-order valence-corrected chi connectivity index (χ4v) is 2.89. The number of esters is 1. The van der Waals surface area contributed by atoms with Crippen LogP contribution >= 0.6 is 0 Å². The number of amides is 1. The summed E-state index contributed by atoms with van der Waals surface area (Å²) in [5, 5.41) is 0. The maximum Gasteiger partial charge on any atom is 3.00 e. The van der Waals surface area contributed by atoms with E-state index in [0.29, 0.717) is 0 Å². The second-order valence-corrected chi connectivity index (χ2v) is 7.36. The fraction of sp³-hybridized carbons (Fsp3) is 0.118. The molecular weight excluding hydrogens is 453 g/mol. The predicted molar refractivity (Wildman–Crippen MR) is 102 cm³/mol. The number of nitrogens with one attached hydrogen (secondary N) is 1. The van der Waals surface area contributed by atoms with Gasteiger partial charge in [0, 0.05) is 0 Å². The number of benzene rings is 1. The third-order valence-corrected chi connectivity index (χ3v) is 5.13. The molecule has 0 atom stereocenters. The molecule has 1 aliphatic carbocycles. The van der Waals surface area contributed by atoms with Crippen molar-refractivity contribution in [2.75, 3.05) is 7.11 Å². The fourth-order valence-electron chi connectivity index (χ4n) is 1.55. The van der Waals surface area contributed by atoms with Gasteiger partial charge >= 0.3 is 22.7 Å². The smallest absolute Gasteiger partial charge is 0.776 e. The summed E-state index contributed by atoms with van der Waals surface area (Å²) in [7, 11) is -3.02. The second kappa shape index (κ2) is 12.3. The van der Waals surface area contributed by atoms with Gasteiger partial charge in [-0.3, -0.25) is 4.79 Å². The van der Waals surface area contributed by atoms with Crippen LogP contribution in [0.25, 0.3) is 0 Å². The zero-order valence-corrected chi connectivity index (χ0v) is 17.8. The average Bonchev–Trinajstić information content (AvgIpc) is 3.19. The normalized spacial score (nSPS) is 14.0. The number of rotatable bonds is 4. The third kappa shape index (κ3) is 8.56. The van der Waals surface area contributed by atoms with E-state index >= 15 is 0 Å². The summed E-state index contributed by atoms with van der Waals surface area (Å²) in [6.45, 7) is 1.79. The summed E-state index contributed by atoms with van der Waals surface area (Å²) in [4.78, 5) is 21.6. The number of aryl methyl sites for hydroxylation is 1. The Kier molecular flexibility index (Phi) is 11.7. The van der Waals surface area contributed by atoms with Crippen molar-refractivity contribution < 1.29 is 39.5 Å². The van der Waals surface area contributed by atoms with Gasteiger partial charge in [-0.25, -0.2) is 17.9 Å². The summed E-state index contributed by atoms with van der Waals surface area (Å²) in [6.07, 6.45) is 10.0. The van der Waals surface area contributed by atoms with E-state index in [1.54, 1.807) is 23.8 Å². The molecule has 145 valence electrons. The molecule has 1 aliphatic rings. The molecule has 1 N–H and O–H groups in total. The van der Waals surface area contributed by atoms with Crippen LogP contribution in [-0.4, -0.2) is 27.4 Å². The Morgan fingerprint density at radius 3 is 1.78 bits per heavy atom. The van der Waals surface area contributed by atoms with Crippen LogP contribution in [0.2, 0.25) is 0 Å². The molecule has 1 fully saturated rings. The summed E-state index contributed by atoms with van der Waals surface area (Å²) < 4.78 is 30.0. The van der Waals surface area contributed by atoms with Crippen molar-refractivity contribution in [3.8, 4) is 0 Å². The van der Waals surface area contributed by atoms with E-state index in [0.717, 1.165) is 12.7 Å². The van der Waals surface area contributed by atoms with E-state index in [9.17, 15) is 18.0 Å². The average molecular weight is 469 g/mol. The molecule has 1 amide bonds. The number of methoxy groups -OCH3 is 1. The molecule has 5 radical (unpaired) electrons. The van der Waals surface area contributed by atoms with Crippen LogP contribution in [0.3, 0.4) is 0 Å². The van der Waals surface area contributed by atoms with Gasteiger partial charge in [-0.05, 0) is 51.2 Å². The minimum Gasteiger partial charge on any atom is -0.776 e. The molecule has 0 aliphatic heterocycles. The van der Waals surface area contributed by atoms with E-state index in [-0.39, 0.29) is 21.7 Å². The maximum atomic E-state index is 12.0. The quantitative estimate of drug-likeness (QED) is 0.404. The molecule has 0 aromatic heterocycles. The largest absolute Gasteiger partial charge is 3.00 e. The van der Waals surface area contributed by atoms with Crippen molar-refractivity contribution in [1.82, 2.24) is 4.72 Å². The van der Waals surface area contributed by atoms with Crippen molar-refractivity contribution in [2.45, 2.75) is 11.8 Å². The van der Waals surface area contributed by atoms with Gasteiger partial charge in [0.05, 0.1) is 12.0 Å². The molecule has 2 rings (SSSR count). The first kappa shape index (κ1) is 25.8. The van der Waals surface area contributed by atoms with E-state index in [2.05, 4.69) is 30.0 Å². The molecule has 0 bridgehead atoms. The van der Waals surface area contributed by atoms with E-state index in [1.807, 2.05) is 32.1 Å². The van der Waals surface area contributed by atoms with Gasteiger partial charge in [-0.2, -0.15) is 0 Å². The number of carbonyl (C=O) groups is 2. The van der Waals surface area contributed by atoms with Crippen molar-refractivity contribution >= 4 is 47.2 Å². The van der Waals surface area contributed by atoms with Crippen molar-refractivity contribution in [3.63, 3.8) is 0 Å². The first-order chi connectivity index (χ1) is 12.2. The Morgan fingerprint density at radius 2 is 1.37 bits per heavy atom. The van der Waals surface area contributed by atoms with E-state index < -0.39 is 31.7 Å². The Hall–Kier alpha value is -1.20. The molecule has 0 saturated heterocycles. The van der Waals surface area contributed by atoms with Crippen LogP contribution in [-0.2, 0) is 66.4 Å². The van der Waals surface area contributed by atoms with Crippen LogP contribution in [0.15, 0.2) is 39.0 Å². The topological polar surface area (TPSA) is 89.5 Å². The van der Waals surface area contributed by atoms with E-state index in [1.165, 1.54) is 12.1 Å². The van der Waals surface area contributed by atoms with E-state index in [4.69, 9.17) is 0 Å². The Bertz CT molecular complexity index is 765. The minimum atomic E-state index is -4.09. The molecular formula is C17H16CoNO5S3+. The number of carbonyl (C=O) groups excluding carboxylic acids is 2. The Morgan fingerprint density at radius 1 is 0.926 bits per heavy atom. The summed E-state index contributed by atoms with van der Waals surface area (Å²) in [5.74, 6) is -2.13. The predicted octanol–water partition coefficient (Wildman–Crippen LogP) is 1.30. The third-order valence-electron chi connectivity index (χ3n) is 2.90. The first-order valence-corrected chi connectivity index (χ1v) is 9.46. The van der Waals surface area contributed by atoms with Crippen LogP contribution in [0.1, 0.15) is 5.56 Å². The summed E-state index contributed by atoms with van der Waals surface area (Å²) in [6, 6.07) is 5.84. The van der Waals surface area contributed by atoms with Crippen LogP contribution in [0, 0.1) is 39.0 Å². The molecule has 1 aromatic rings. The van der Waals surface area contributed by atoms with Crippen LogP contribution < -0.4 is 4.72 Å². The van der Waals surface area contributed by atoms with Gasteiger partial charge in [-0.1, -0.05) is 17.7 Å². The maximum absolute atomic E-state index is 12.0. The number of hydrogen-bond donors (Lipinski definition) is 1. The Balaban J connectivity index is 0.000000969. The molecule has 0 spiro atoms. The number of sulfonamides is 1. The molecule has 27 heavy (non-hydrogen) atoms. The monoisotopic (exact) mass is 469 g/mol. The summed E-state index contributed by atoms with van der Waals surface area (Å²) in [5.41, 5.74) is 0.864. The van der Waals surface area contributed by atoms with Crippen molar-refractivity contribution in [3.05, 3.63) is 71.7 Å². The molecule has 0 unspecified atom stereocenters. The molecule has 6 nitrogen and oxygen atoms in total. The standard InChI is InChI=1S/C12H13NO5S3.C5H5.Co/c1-7-3-5-8(6-4-7)21(16,17)13-11(14)9(19)10(20)12(15)18-2;1-2-4-5-3-1;/h3-6,19-20H,1-2H3,(H,13,14);1-5H;/q;;+3/p-2/b10-9-;;. The van der Waals surface area contributed by atoms with Crippen molar-refractivity contribution in [1.29, 1.82) is 0 Å². The minimum absolute atomic E-state index is 0. The summed E-state index contributed by atoms with van der Waals surface area (Å²) >= 11 is 9.29. The van der Waals surface area contributed by atoms with Crippen LogP contribution in [0.4, 0.5) is 0 Å². The second-order valence-electron chi connectivity index (χ2n) is 4.86. The number of ether oxygens (including phenoxy) is 1. The zero-order valence-electron chi connectivity index (χ0n) is 14.3. The molecule has 10 heteroatoms. The molecule has 0 heterocycles. The van der Waals surface area contributed by atoms with Gasteiger partial charge in [-0.15, -0.1) is 9.81 Å². The zero-order chi connectivity index (χ0) is 19.7. The van der Waals surface area contributed by atoms with Crippen molar-refractivity contribution in [2.24, 2.45) is 0 Å². The van der Waals surface area contributed by atoms with Crippen LogP contribution in [0.5, 0.6) is 0 Å².